The molecule has 0 aliphatic rings. The highest BCUT2D eigenvalue weighted by atomic mass is 16.5. The number of hydrogen-bond acceptors (Lipinski definition) is 5. The van der Waals surface area contributed by atoms with Gasteiger partial charge in [0.05, 0.1) is 25.0 Å². The number of methoxy groups -OCH3 is 1. The predicted molar refractivity (Wildman–Crippen MR) is 71.0 cm³/mol. The summed E-state index contributed by atoms with van der Waals surface area (Å²) in [6.45, 7) is 0.927. The Morgan fingerprint density at radius 1 is 1.38 bits per heavy atom. The molecule has 7 heteroatoms. The maximum Gasteiger partial charge on any atom is 0.338 e. The first kappa shape index (κ1) is 14.9. The van der Waals surface area contributed by atoms with Crippen LogP contribution < -0.4 is 0 Å². The minimum Gasteiger partial charge on any atom is -0.478 e. The van der Waals surface area contributed by atoms with E-state index in [1.165, 1.54) is 24.3 Å². The fourth-order valence-corrected chi connectivity index (χ4v) is 1.76. The summed E-state index contributed by atoms with van der Waals surface area (Å²) in [6.07, 6.45) is 2.56. The van der Waals surface area contributed by atoms with Crippen molar-refractivity contribution in [2.24, 2.45) is 0 Å². The van der Waals surface area contributed by atoms with Crippen LogP contribution >= 0.6 is 0 Å². The maximum absolute atomic E-state index is 12.4. The van der Waals surface area contributed by atoms with E-state index in [9.17, 15) is 9.59 Å². The summed E-state index contributed by atoms with van der Waals surface area (Å²) in [7, 11) is 1.53. The zero-order valence-electron chi connectivity index (χ0n) is 11.4. The number of carboxylic acids is 1. The molecule has 0 radical (unpaired) electrons. The molecular weight excluding hydrogens is 278 g/mol. The van der Waals surface area contributed by atoms with E-state index >= 15 is 0 Å². The van der Waals surface area contributed by atoms with Crippen LogP contribution in [0.15, 0.2) is 39.6 Å². The van der Waals surface area contributed by atoms with Crippen LogP contribution in [0.25, 0.3) is 0 Å². The van der Waals surface area contributed by atoms with Crippen molar-refractivity contribution >= 4 is 11.9 Å². The molecule has 7 nitrogen and oxygen atoms in total. The Hall–Kier alpha value is -2.54. The fraction of sp³-hybridized carbons (Fsp3) is 0.286. The summed E-state index contributed by atoms with van der Waals surface area (Å²) < 4.78 is 15.2. The van der Waals surface area contributed by atoms with Crippen molar-refractivity contribution in [1.29, 1.82) is 0 Å². The van der Waals surface area contributed by atoms with Gasteiger partial charge >= 0.3 is 5.97 Å². The van der Waals surface area contributed by atoms with Crippen molar-refractivity contribution in [3.05, 3.63) is 47.8 Å². The molecule has 0 saturated heterocycles. The average Bonchev–Trinajstić information content (AvgIpc) is 3.13. The predicted octanol–water partition coefficient (Wildman–Crippen LogP) is 1.86. The standard InChI is InChI=1S/C14H15NO6/c1-19-6-4-15(8-11-3-2-5-20-11)13(16)12-7-10(9-21-12)14(17)18/h2-3,5,7,9H,4,6,8H2,1H3,(H,17,18). The van der Waals surface area contributed by atoms with Gasteiger partial charge in [0.1, 0.15) is 12.0 Å². The van der Waals surface area contributed by atoms with Gasteiger partial charge in [0.25, 0.3) is 5.91 Å². The molecule has 0 saturated carbocycles. The Morgan fingerprint density at radius 3 is 2.76 bits per heavy atom. The van der Waals surface area contributed by atoms with Gasteiger partial charge in [-0.2, -0.15) is 0 Å². The van der Waals surface area contributed by atoms with E-state index in [1.807, 2.05) is 0 Å². The van der Waals surface area contributed by atoms with Crippen molar-refractivity contribution in [3.63, 3.8) is 0 Å². The highest BCUT2D eigenvalue weighted by Gasteiger charge is 2.21. The summed E-state index contributed by atoms with van der Waals surface area (Å²) >= 11 is 0. The molecule has 0 spiro atoms. The molecule has 112 valence electrons. The van der Waals surface area contributed by atoms with Gasteiger partial charge in [-0.1, -0.05) is 0 Å². The highest BCUT2D eigenvalue weighted by molar-refractivity contribution is 5.95. The summed E-state index contributed by atoms with van der Waals surface area (Å²) in [5.74, 6) is -0.984. The molecule has 1 N–H and O–H groups in total. The second kappa shape index (κ2) is 6.76. The van der Waals surface area contributed by atoms with E-state index in [0.29, 0.717) is 18.9 Å². The monoisotopic (exact) mass is 293 g/mol. The van der Waals surface area contributed by atoms with Gasteiger partial charge in [0.15, 0.2) is 5.76 Å². The summed E-state index contributed by atoms with van der Waals surface area (Å²) in [5, 5.41) is 8.85. The van der Waals surface area contributed by atoms with Crippen molar-refractivity contribution in [3.8, 4) is 0 Å². The molecule has 0 aliphatic heterocycles. The number of aromatic carboxylic acids is 1. The van der Waals surface area contributed by atoms with Gasteiger partial charge in [-0.3, -0.25) is 4.79 Å². The van der Waals surface area contributed by atoms with Crippen LogP contribution in [-0.4, -0.2) is 42.1 Å². The third-order valence-corrected chi connectivity index (χ3v) is 2.84. The largest absolute Gasteiger partial charge is 0.478 e. The molecule has 2 aromatic heterocycles. The van der Waals surface area contributed by atoms with Crippen LogP contribution in [0.5, 0.6) is 0 Å². The Kier molecular flexibility index (Phi) is 4.78. The van der Waals surface area contributed by atoms with Crippen molar-refractivity contribution in [2.75, 3.05) is 20.3 Å². The number of furan rings is 2. The van der Waals surface area contributed by atoms with E-state index in [4.69, 9.17) is 18.7 Å². The molecule has 0 bridgehead atoms. The lowest BCUT2D eigenvalue weighted by Crippen LogP contribution is -2.33. The van der Waals surface area contributed by atoms with Gasteiger partial charge in [0, 0.05) is 19.7 Å². The van der Waals surface area contributed by atoms with E-state index < -0.39 is 11.9 Å². The molecule has 2 heterocycles. The van der Waals surface area contributed by atoms with Gasteiger partial charge in [-0.25, -0.2) is 4.79 Å². The summed E-state index contributed by atoms with van der Waals surface area (Å²) in [6, 6.07) is 4.67. The molecule has 0 atom stereocenters. The van der Waals surface area contributed by atoms with E-state index in [1.54, 1.807) is 12.1 Å². The lowest BCUT2D eigenvalue weighted by atomic mass is 10.3. The quantitative estimate of drug-likeness (QED) is 0.837. The first-order chi connectivity index (χ1) is 10.1. The molecule has 21 heavy (non-hydrogen) atoms. The Morgan fingerprint density at radius 2 is 2.19 bits per heavy atom. The Labute approximate surface area is 120 Å². The smallest absolute Gasteiger partial charge is 0.338 e. The topological polar surface area (TPSA) is 93.1 Å². The lowest BCUT2D eigenvalue weighted by Gasteiger charge is -2.19. The number of carboxylic acid groups (broad SMARTS) is 1. The number of carbonyl (C=O) groups is 2. The minimum atomic E-state index is -1.15. The average molecular weight is 293 g/mol. The summed E-state index contributed by atoms with van der Waals surface area (Å²) in [4.78, 5) is 24.6. The number of hydrogen-bond donors (Lipinski definition) is 1. The summed E-state index contributed by atoms with van der Waals surface area (Å²) in [5.41, 5.74) is -0.0666. The number of carbonyl (C=O) groups excluding carboxylic acids is 1. The second-order valence-electron chi connectivity index (χ2n) is 4.30. The van der Waals surface area contributed by atoms with Crippen LogP contribution in [0.3, 0.4) is 0 Å². The molecule has 2 aromatic rings. The Balaban J connectivity index is 2.13. The van der Waals surface area contributed by atoms with Crippen LogP contribution in [0, 0.1) is 0 Å². The normalized spacial score (nSPS) is 10.5. The van der Waals surface area contributed by atoms with Crippen LogP contribution in [0.2, 0.25) is 0 Å². The molecule has 0 unspecified atom stereocenters. The molecule has 2 rings (SSSR count). The van der Waals surface area contributed by atoms with Crippen molar-refractivity contribution in [1.82, 2.24) is 4.90 Å². The number of ether oxygens (including phenoxy) is 1. The fourth-order valence-electron chi connectivity index (χ4n) is 1.76. The number of nitrogens with zero attached hydrogens (tertiary/aromatic N) is 1. The third kappa shape index (κ3) is 3.73. The van der Waals surface area contributed by atoms with E-state index in [0.717, 1.165) is 6.26 Å². The molecule has 1 amide bonds. The van der Waals surface area contributed by atoms with Gasteiger partial charge < -0.3 is 23.6 Å². The molecule has 0 fully saturated rings. The van der Waals surface area contributed by atoms with Gasteiger partial charge in [-0.15, -0.1) is 0 Å². The second-order valence-corrected chi connectivity index (χ2v) is 4.30. The zero-order valence-corrected chi connectivity index (χ0v) is 11.4. The molecule has 0 aromatic carbocycles. The molecule has 0 aliphatic carbocycles. The number of rotatable bonds is 7. The number of amides is 1. The SMILES string of the molecule is COCCN(Cc1ccco1)C(=O)c1cc(C(=O)O)co1. The Bertz CT molecular complexity index is 601. The third-order valence-electron chi connectivity index (χ3n) is 2.84. The van der Waals surface area contributed by atoms with Crippen LogP contribution in [0.1, 0.15) is 26.7 Å². The lowest BCUT2D eigenvalue weighted by molar-refractivity contribution is 0.0635. The first-order valence-corrected chi connectivity index (χ1v) is 6.24. The van der Waals surface area contributed by atoms with Gasteiger partial charge in [-0.05, 0) is 12.1 Å². The highest BCUT2D eigenvalue weighted by Crippen LogP contribution is 2.14. The van der Waals surface area contributed by atoms with Gasteiger partial charge in [0.2, 0.25) is 0 Å². The van der Waals surface area contributed by atoms with Crippen LogP contribution in [0.4, 0.5) is 0 Å². The minimum absolute atomic E-state index is 0.0324. The zero-order chi connectivity index (χ0) is 15.2. The first-order valence-electron chi connectivity index (χ1n) is 6.24. The van der Waals surface area contributed by atoms with E-state index in [2.05, 4.69) is 0 Å². The van der Waals surface area contributed by atoms with Crippen LogP contribution in [-0.2, 0) is 11.3 Å². The maximum atomic E-state index is 12.4. The van der Waals surface area contributed by atoms with E-state index in [-0.39, 0.29) is 17.9 Å². The van der Waals surface area contributed by atoms with Crippen molar-refractivity contribution in [2.45, 2.75) is 6.54 Å². The molecular formula is C14H15NO6. The van der Waals surface area contributed by atoms with Crippen molar-refractivity contribution < 1.29 is 28.3 Å².